The Kier molecular flexibility index (Phi) is 5.03. The lowest BCUT2D eigenvalue weighted by Gasteiger charge is -2.35. The lowest BCUT2D eigenvalue weighted by molar-refractivity contribution is -0.137. The van der Waals surface area contributed by atoms with E-state index in [1.54, 1.807) is 11.3 Å². The highest BCUT2D eigenvalue weighted by Crippen LogP contribution is 2.45. The SMILES string of the molecule is CC1(C)Cc2ncc(Cc3ccc(C(F)(F)F)cc3)c(-c3ccsc3)c2[C@@H](O)C1. The average Bonchev–Trinajstić information content (AvgIpc) is 3.15. The number of hydrogen-bond acceptors (Lipinski definition) is 3. The second-order valence-electron chi connectivity index (χ2n) is 8.46. The van der Waals surface area contributed by atoms with Gasteiger partial charge in [0.05, 0.1) is 11.7 Å². The average molecular weight is 417 g/mol. The monoisotopic (exact) mass is 417 g/mol. The molecule has 1 aliphatic carbocycles. The third-order valence-electron chi connectivity index (χ3n) is 5.49. The number of thiophene rings is 1. The van der Waals surface area contributed by atoms with Crippen molar-refractivity contribution in [2.45, 2.75) is 45.4 Å². The van der Waals surface area contributed by atoms with E-state index >= 15 is 0 Å². The Morgan fingerprint density at radius 2 is 1.90 bits per heavy atom. The molecule has 3 aromatic rings. The van der Waals surface area contributed by atoms with Gasteiger partial charge in [-0.15, -0.1) is 0 Å². The fraction of sp³-hybridized carbons (Fsp3) is 0.348. The molecule has 0 spiro atoms. The Morgan fingerprint density at radius 1 is 1.17 bits per heavy atom. The van der Waals surface area contributed by atoms with Crippen molar-refractivity contribution in [3.63, 3.8) is 0 Å². The highest BCUT2D eigenvalue weighted by Gasteiger charge is 2.35. The summed E-state index contributed by atoms with van der Waals surface area (Å²) in [6.07, 6.45) is -1.23. The summed E-state index contributed by atoms with van der Waals surface area (Å²) >= 11 is 1.58. The van der Waals surface area contributed by atoms with E-state index in [4.69, 9.17) is 0 Å². The van der Waals surface area contributed by atoms with Crippen LogP contribution < -0.4 is 0 Å². The van der Waals surface area contributed by atoms with Gasteiger partial charge < -0.3 is 5.11 Å². The maximum absolute atomic E-state index is 12.9. The number of pyridine rings is 1. The van der Waals surface area contributed by atoms with E-state index in [1.807, 2.05) is 23.0 Å². The molecule has 0 aliphatic heterocycles. The zero-order valence-electron chi connectivity index (χ0n) is 16.3. The maximum Gasteiger partial charge on any atom is 0.416 e. The van der Waals surface area contributed by atoms with Gasteiger partial charge in [0.25, 0.3) is 0 Å². The minimum atomic E-state index is -4.34. The highest BCUT2D eigenvalue weighted by atomic mass is 32.1. The number of fused-ring (bicyclic) bond motifs is 1. The second-order valence-corrected chi connectivity index (χ2v) is 9.24. The van der Waals surface area contributed by atoms with E-state index in [0.717, 1.165) is 52.1 Å². The number of nitrogens with zero attached hydrogens (tertiary/aromatic N) is 1. The largest absolute Gasteiger partial charge is 0.416 e. The van der Waals surface area contributed by atoms with E-state index in [9.17, 15) is 18.3 Å². The molecule has 0 unspecified atom stereocenters. The van der Waals surface area contributed by atoms with Crippen LogP contribution in [0, 0.1) is 5.41 Å². The molecule has 1 atom stereocenters. The summed E-state index contributed by atoms with van der Waals surface area (Å²) < 4.78 is 38.6. The summed E-state index contributed by atoms with van der Waals surface area (Å²) in [6, 6.07) is 7.27. The Morgan fingerprint density at radius 3 is 2.52 bits per heavy atom. The van der Waals surface area contributed by atoms with Gasteiger partial charge in [-0.3, -0.25) is 4.98 Å². The maximum atomic E-state index is 12.9. The molecule has 1 N–H and O–H groups in total. The number of rotatable bonds is 3. The van der Waals surface area contributed by atoms with Crippen LogP contribution in [0.4, 0.5) is 13.2 Å². The molecule has 0 radical (unpaired) electrons. The fourth-order valence-electron chi connectivity index (χ4n) is 4.17. The van der Waals surface area contributed by atoms with Gasteiger partial charge >= 0.3 is 6.18 Å². The standard InChI is InChI=1S/C23H22F3NOS/c1-22(2)10-18-21(19(28)11-22)20(15-7-8-29-13-15)16(12-27-18)9-14-3-5-17(6-4-14)23(24,25)26/h3-8,12-13,19,28H,9-11H2,1-2H3/t19-/m0/s1. The summed E-state index contributed by atoms with van der Waals surface area (Å²) in [7, 11) is 0. The predicted octanol–water partition coefficient (Wildman–Crippen LogP) is 6.43. The molecule has 6 heteroatoms. The molecule has 0 fully saturated rings. The summed E-state index contributed by atoms with van der Waals surface area (Å²) in [5.74, 6) is 0. The van der Waals surface area contributed by atoms with Gasteiger partial charge in [0.1, 0.15) is 0 Å². The Labute approximate surface area is 172 Å². The van der Waals surface area contributed by atoms with Crippen LogP contribution in [0.15, 0.2) is 47.3 Å². The number of halogens is 3. The number of benzene rings is 1. The normalized spacial score (nSPS) is 18.5. The molecule has 0 amide bonds. The van der Waals surface area contributed by atoms with Gasteiger partial charge in [0, 0.05) is 17.5 Å². The van der Waals surface area contributed by atoms with E-state index in [1.165, 1.54) is 12.1 Å². The van der Waals surface area contributed by atoms with Crippen molar-refractivity contribution >= 4 is 11.3 Å². The van der Waals surface area contributed by atoms with Gasteiger partial charge in [0.2, 0.25) is 0 Å². The minimum absolute atomic E-state index is 0.0275. The Balaban J connectivity index is 1.77. The van der Waals surface area contributed by atoms with Crippen LogP contribution in [-0.4, -0.2) is 10.1 Å². The smallest absolute Gasteiger partial charge is 0.388 e. The third-order valence-corrected chi connectivity index (χ3v) is 6.17. The first-order valence-corrected chi connectivity index (χ1v) is 10.5. The van der Waals surface area contributed by atoms with Gasteiger partial charge in [0.15, 0.2) is 0 Å². The van der Waals surface area contributed by atoms with Gasteiger partial charge in [-0.1, -0.05) is 26.0 Å². The first-order valence-electron chi connectivity index (χ1n) is 9.51. The van der Waals surface area contributed by atoms with Crippen LogP contribution in [-0.2, 0) is 19.0 Å². The molecule has 152 valence electrons. The van der Waals surface area contributed by atoms with E-state index in [2.05, 4.69) is 18.8 Å². The molecule has 1 aliphatic rings. The molecule has 2 aromatic heterocycles. The summed E-state index contributed by atoms with van der Waals surface area (Å²) in [4.78, 5) is 4.65. The second kappa shape index (κ2) is 7.26. The van der Waals surface area contributed by atoms with Crippen molar-refractivity contribution in [2.24, 2.45) is 5.41 Å². The van der Waals surface area contributed by atoms with E-state index in [0.29, 0.717) is 12.8 Å². The number of hydrogen-bond donors (Lipinski definition) is 1. The van der Waals surface area contributed by atoms with Gasteiger partial charge in [-0.2, -0.15) is 24.5 Å². The minimum Gasteiger partial charge on any atom is -0.388 e. The zero-order chi connectivity index (χ0) is 20.8. The predicted molar refractivity (Wildman–Crippen MR) is 109 cm³/mol. The molecule has 0 saturated heterocycles. The summed E-state index contributed by atoms with van der Waals surface area (Å²) in [6.45, 7) is 4.25. The Hall–Kier alpha value is -2.18. The van der Waals surface area contributed by atoms with Crippen LogP contribution in [0.25, 0.3) is 11.1 Å². The van der Waals surface area contributed by atoms with Crippen LogP contribution in [0.5, 0.6) is 0 Å². The number of aromatic nitrogens is 1. The van der Waals surface area contributed by atoms with Crippen molar-refractivity contribution in [3.05, 3.63) is 75.2 Å². The molecule has 29 heavy (non-hydrogen) atoms. The van der Waals surface area contributed by atoms with Crippen molar-refractivity contribution < 1.29 is 18.3 Å². The van der Waals surface area contributed by atoms with Crippen molar-refractivity contribution in [2.75, 3.05) is 0 Å². The topological polar surface area (TPSA) is 33.1 Å². The molecule has 1 aromatic carbocycles. The van der Waals surface area contributed by atoms with Crippen molar-refractivity contribution in [3.8, 4) is 11.1 Å². The molecule has 2 nitrogen and oxygen atoms in total. The number of alkyl halides is 3. The summed E-state index contributed by atoms with van der Waals surface area (Å²) in [5, 5.41) is 15.0. The number of aliphatic hydroxyl groups excluding tert-OH is 1. The van der Waals surface area contributed by atoms with Crippen LogP contribution in [0.1, 0.15) is 54.3 Å². The Bertz CT molecular complexity index is 1010. The summed E-state index contributed by atoms with van der Waals surface area (Å²) in [5.41, 5.74) is 4.79. The van der Waals surface area contributed by atoms with Crippen LogP contribution in [0.2, 0.25) is 0 Å². The number of aliphatic hydroxyl groups is 1. The molecular weight excluding hydrogens is 395 g/mol. The van der Waals surface area contributed by atoms with Gasteiger partial charge in [-0.25, -0.2) is 0 Å². The van der Waals surface area contributed by atoms with Crippen molar-refractivity contribution in [1.29, 1.82) is 0 Å². The lowest BCUT2D eigenvalue weighted by Crippen LogP contribution is -2.27. The van der Waals surface area contributed by atoms with E-state index in [-0.39, 0.29) is 5.41 Å². The quantitative estimate of drug-likeness (QED) is 0.533. The zero-order valence-corrected chi connectivity index (χ0v) is 17.1. The lowest BCUT2D eigenvalue weighted by atomic mass is 9.72. The molecule has 2 heterocycles. The van der Waals surface area contributed by atoms with Crippen LogP contribution >= 0.6 is 11.3 Å². The van der Waals surface area contributed by atoms with Gasteiger partial charge in [-0.05, 0) is 75.9 Å². The highest BCUT2D eigenvalue weighted by molar-refractivity contribution is 7.08. The fourth-order valence-corrected chi connectivity index (χ4v) is 4.82. The van der Waals surface area contributed by atoms with Crippen molar-refractivity contribution in [1.82, 2.24) is 4.98 Å². The molecular formula is C23H22F3NOS. The molecule has 0 saturated carbocycles. The van der Waals surface area contributed by atoms with E-state index < -0.39 is 17.8 Å². The first kappa shape index (κ1) is 20.1. The third kappa shape index (κ3) is 4.09. The molecule has 4 rings (SSSR count). The van der Waals surface area contributed by atoms with Crippen LogP contribution in [0.3, 0.4) is 0 Å². The molecule has 0 bridgehead atoms. The first-order chi connectivity index (χ1) is 13.6.